The van der Waals surface area contributed by atoms with Gasteiger partial charge in [-0.25, -0.2) is 18.4 Å². The van der Waals surface area contributed by atoms with Crippen molar-refractivity contribution in [2.45, 2.75) is 24.5 Å². The highest BCUT2D eigenvalue weighted by Gasteiger charge is 2.26. The Morgan fingerprint density at radius 1 is 1.44 bits per heavy atom. The van der Waals surface area contributed by atoms with E-state index in [0.29, 0.717) is 5.75 Å². The number of thioether (sulfide) groups is 1. The van der Waals surface area contributed by atoms with Crippen molar-refractivity contribution in [1.82, 2.24) is 15.3 Å². The van der Waals surface area contributed by atoms with Crippen molar-refractivity contribution in [2.75, 3.05) is 23.8 Å². The molecular formula is C11H17N3O2S2. The maximum absolute atomic E-state index is 11.3. The Morgan fingerprint density at radius 2 is 2.17 bits per heavy atom. The van der Waals surface area contributed by atoms with E-state index in [-0.39, 0.29) is 11.8 Å². The summed E-state index contributed by atoms with van der Waals surface area (Å²) < 4.78 is 22.5. The van der Waals surface area contributed by atoms with Gasteiger partial charge in [0.25, 0.3) is 0 Å². The fourth-order valence-electron chi connectivity index (χ4n) is 1.82. The molecule has 0 spiro atoms. The molecule has 1 aliphatic rings. The first-order valence-electron chi connectivity index (χ1n) is 5.90. The van der Waals surface area contributed by atoms with Crippen LogP contribution in [-0.2, 0) is 9.84 Å². The molecule has 2 rings (SSSR count). The van der Waals surface area contributed by atoms with Gasteiger partial charge in [0.1, 0.15) is 0 Å². The van der Waals surface area contributed by atoms with Crippen LogP contribution >= 0.6 is 11.8 Å². The fraction of sp³-hybridized carbons (Fsp3) is 0.636. The molecule has 1 atom stereocenters. The van der Waals surface area contributed by atoms with Gasteiger partial charge in [0.15, 0.2) is 15.0 Å². The van der Waals surface area contributed by atoms with Crippen LogP contribution < -0.4 is 5.32 Å². The molecule has 1 aromatic heterocycles. The normalized spacial score (nSPS) is 22.2. The lowest BCUT2D eigenvalue weighted by Crippen LogP contribution is -2.31. The Labute approximate surface area is 112 Å². The molecule has 7 heteroatoms. The summed E-state index contributed by atoms with van der Waals surface area (Å²) in [5.74, 6) is 1.44. The fourth-order valence-corrected chi connectivity index (χ4v) is 4.18. The minimum absolute atomic E-state index is 0.120. The number of rotatable bonds is 5. The summed E-state index contributed by atoms with van der Waals surface area (Å²) in [4.78, 5) is 8.40. The molecule has 0 saturated carbocycles. The third kappa shape index (κ3) is 4.22. The first kappa shape index (κ1) is 13.8. The smallest absolute Gasteiger partial charge is 0.187 e. The van der Waals surface area contributed by atoms with Crippen LogP contribution in [0.2, 0.25) is 0 Å². The van der Waals surface area contributed by atoms with Crippen LogP contribution in [0, 0.1) is 6.92 Å². The molecule has 0 bridgehead atoms. The SMILES string of the molecule is Cc1cnc(SCCNC2CCS(=O)(=O)C2)nc1. The first-order valence-corrected chi connectivity index (χ1v) is 8.71. The van der Waals surface area contributed by atoms with E-state index in [2.05, 4.69) is 15.3 Å². The molecule has 1 aliphatic heterocycles. The highest BCUT2D eigenvalue weighted by atomic mass is 32.2. The second-order valence-electron chi connectivity index (χ2n) is 4.45. The van der Waals surface area contributed by atoms with Gasteiger partial charge in [-0.15, -0.1) is 0 Å². The largest absolute Gasteiger partial charge is 0.312 e. The Hall–Kier alpha value is -0.660. The molecule has 1 N–H and O–H groups in total. The Morgan fingerprint density at radius 3 is 2.78 bits per heavy atom. The van der Waals surface area contributed by atoms with Crippen LogP contribution in [0.3, 0.4) is 0 Å². The van der Waals surface area contributed by atoms with Crippen LogP contribution in [0.5, 0.6) is 0 Å². The van der Waals surface area contributed by atoms with Crippen molar-refractivity contribution in [3.05, 3.63) is 18.0 Å². The molecule has 0 radical (unpaired) electrons. The Bertz CT molecular complexity index is 488. The maximum atomic E-state index is 11.3. The summed E-state index contributed by atoms with van der Waals surface area (Å²) >= 11 is 1.58. The number of sulfone groups is 1. The van der Waals surface area contributed by atoms with Crippen LogP contribution in [0.15, 0.2) is 17.6 Å². The van der Waals surface area contributed by atoms with Gasteiger partial charge in [-0.05, 0) is 18.9 Å². The lowest BCUT2D eigenvalue weighted by Gasteiger charge is -2.09. The van der Waals surface area contributed by atoms with E-state index >= 15 is 0 Å². The van der Waals surface area contributed by atoms with Gasteiger partial charge in [0, 0.05) is 30.7 Å². The number of hydrogen-bond acceptors (Lipinski definition) is 6. The van der Waals surface area contributed by atoms with Crippen LogP contribution in [0.1, 0.15) is 12.0 Å². The van der Waals surface area contributed by atoms with E-state index in [9.17, 15) is 8.42 Å². The predicted octanol–water partition coefficient (Wildman–Crippen LogP) is 0.654. The van der Waals surface area contributed by atoms with E-state index in [0.717, 1.165) is 29.4 Å². The zero-order valence-corrected chi connectivity index (χ0v) is 11.9. The van der Waals surface area contributed by atoms with Crippen LogP contribution in [0.25, 0.3) is 0 Å². The second kappa shape index (κ2) is 5.99. The molecule has 1 saturated heterocycles. The summed E-state index contributed by atoms with van der Waals surface area (Å²) in [7, 11) is -2.78. The highest BCUT2D eigenvalue weighted by Crippen LogP contribution is 2.13. The van der Waals surface area contributed by atoms with Crippen molar-refractivity contribution < 1.29 is 8.42 Å². The number of aromatic nitrogens is 2. The lowest BCUT2D eigenvalue weighted by molar-refractivity contribution is 0.574. The van der Waals surface area contributed by atoms with Gasteiger partial charge in [-0.1, -0.05) is 11.8 Å². The molecule has 2 heterocycles. The highest BCUT2D eigenvalue weighted by molar-refractivity contribution is 7.99. The van der Waals surface area contributed by atoms with E-state index in [1.165, 1.54) is 0 Å². The molecule has 5 nitrogen and oxygen atoms in total. The van der Waals surface area contributed by atoms with E-state index in [1.807, 2.05) is 6.92 Å². The number of nitrogens with zero attached hydrogens (tertiary/aromatic N) is 2. The molecular weight excluding hydrogens is 270 g/mol. The van der Waals surface area contributed by atoms with Gasteiger partial charge in [-0.2, -0.15) is 0 Å². The topological polar surface area (TPSA) is 72.0 Å². The van der Waals surface area contributed by atoms with Crippen molar-refractivity contribution in [3.63, 3.8) is 0 Å². The zero-order valence-electron chi connectivity index (χ0n) is 10.3. The van der Waals surface area contributed by atoms with Gasteiger partial charge in [-0.3, -0.25) is 0 Å². The van der Waals surface area contributed by atoms with Crippen molar-refractivity contribution >= 4 is 21.6 Å². The Balaban J connectivity index is 1.66. The van der Waals surface area contributed by atoms with Crippen LogP contribution in [-0.4, -0.2) is 48.2 Å². The van der Waals surface area contributed by atoms with E-state index in [4.69, 9.17) is 0 Å². The van der Waals surface area contributed by atoms with Crippen molar-refractivity contribution in [1.29, 1.82) is 0 Å². The monoisotopic (exact) mass is 287 g/mol. The van der Waals surface area contributed by atoms with E-state index in [1.54, 1.807) is 24.2 Å². The zero-order chi connectivity index (χ0) is 13.0. The minimum atomic E-state index is -2.78. The molecule has 18 heavy (non-hydrogen) atoms. The van der Waals surface area contributed by atoms with Gasteiger partial charge < -0.3 is 5.32 Å². The molecule has 0 aliphatic carbocycles. The van der Waals surface area contributed by atoms with Crippen molar-refractivity contribution in [2.24, 2.45) is 0 Å². The van der Waals surface area contributed by atoms with Crippen molar-refractivity contribution in [3.8, 4) is 0 Å². The summed E-state index contributed by atoms with van der Waals surface area (Å²) in [6.45, 7) is 2.73. The number of hydrogen-bond donors (Lipinski definition) is 1. The number of nitrogens with one attached hydrogen (secondary N) is 1. The quantitative estimate of drug-likeness (QED) is 0.487. The average molecular weight is 287 g/mol. The molecule has 0 amide bonds. The average Bonchev–Trinajstić information content (AvgIpc) is 2.67. The molecule has 1 fully saturated rings. The minimum Gasteiger partial charge on any atom is -0.312 e. The Kier molecular flexibility index (Phi) is 4.58. The molecule has 1 unspecified atom stereocenters. The lowest BCUT2D eigenvalue weighted by atomic mass is 10.3. The molecule has 1 aromatic rings. The van der Waals surface area contributed by atoms with E-state index < -0.39 is 9.84 Å². The summed E-state index contributed by atoms with van der Waals surface area (Å²) in [6.07, 6.45) is 4.33. The third-order valence-electron chi connectivity index (χ3n) is 2.76. The predicted molar refractivity (Wildman–Crippen MR) is 72.6 cm³/mol. The summed E-state index contributed by atoms with van der Waals surface area (Å²) in [6, 6.07) is 0.120. The third-order valence-corrected chi connectivity index (χ3v) is 5.40. The van der Waals surface area contributed by atoms with Gasteiger partial charge >= 0.3 is 0 Å². The molecule has 100 valence electrons. The summed E-state index contributed by atoms with van der Waals surface area (Å²) in [5, 5.41) is 4.03. The number of aryl methyl sites for hydroxylation is 1. The molecule has 0 aromatic carbocycles. The van der Waals surface area contributed by atoms with Crippen LogP contribution in [0.4, 0.5) is 0 Å². The first-order chi connectivity index (χ1) is 8.55. The maximum Gasteiger partial charge on any atom is 0.187 e. The standard InChI is InChI=1S/C11H17N3O2S2/c1-9-6-13-11(14-7-9)17-4-3-12-10-2-5-18(15,16)8-10/h6-7,10,12H,2-5,8H2,1H3. The second-order valence-corrected chi connectivity index (χ2v) is 7.74. The summed E-state index contributed by atoms with van der Waals surface area (Å²) in [5.41, 5.74) is 1.05. The van der Waals surface area contributed by atoms with Gasteiger partial charge in [0.2, 0.25) is 0 Å². The van der Waals surface area contributed by atoms with Gasteiger partial charge in [0.05, 0.1) is 11.5 Å².